The number of aromatic nitrogens is 3. The molecular formula is C25H31ClN6O. The second-order valence-corrected chi connectivity index (χ2v) is 9.13. The second kappa shape index (κ2) is 9.93. The van der Waals surface area contributed by atoms with E-state index in [2.05, 4.69) is 32.2 Å². The van der Waals surface area contributed by atoms with E-state index in [1.807, 2.05) is 62.0 Å². The van der Waals surface area contributed by atoms with Crippen molar-refractivity contribution in [3.8, 4) is 5.69 Å². The molecule has 3 aromatic rings. The van der Waals surface area contributed by atoms with Crippen molar-refractivity contribution in [1.29, 1.82) is 0 Å². The highest BCUT2D eigenvalue weighted by molar-refractivity contribution is 6.31. The Hall–Kier alpha value is -2.90. The lowest BCUT2D eigenvalue weighted by atomic mass is 10.1. The van der Waals surface area contributed by atoms with Crippen LogP contribution in [0.3, 0.4) is 0 Å². The Balaban J connectivity index is 1.44. The van der Waals surface area contributed by atoms with Gasteiger partial charge in [0.1, 0.15) is 5.82 Å². The van der Waals surface area contributed by atoms with Gasteiger partial charge in [-0.3, -0.25) is 4.79 Å². The van der Waals surface area contributed by atoms with Crippen LogP contribution in [0.25, 0.3) is 5.69 Å². The summed E-state index contributed by atoms with van der Waals surface area (Å²) in [6.45, 7) is 10.3. The van der Waals surface area contributed by atoms with Crippen LogP contribution in [-0.4, -0.2) is 58.8 Å². The standard InChI is InChI=1S/C25H31ClN6O/c1-17-7-8-21(14-23(17)26)32-19(3)22(18(2)29-32)15-24(33)28-16-20-6-5-9-27-25(20)31-12-10-30(4)11-13-31/h5-9,14H,10-13,15-16H2,1-4H3,(H,28,33). The van der Waals surface area contributed by atoms with Crippen molar-refractivity contribution < 1.29 is 4.79 Å². The van der Waals surface area contributed by atoms with Gasteiger partial charge in [0.05, 0.1) is 17.8 Å². The number of carbonyl (C=O) groups excluding carboxylic acids is 1. The maximum atomic E-state index is 12.9. The van der Waals surface area contributed by atoms with Gasteiger partial charge in [0, 0.05) is 60.8 Å². The summed E-state index contributed by atoms with van der Waals surface area (Å²) in [4.78, 5) is 22.1. The topological polar surface area (TPSA) is 66.3 Å². The van der Waals surface area contributed by atoms with Crippen molar-refractivity contribution >= 4 is 23.3 Å². The van der Waals surface area contributed by atoms with E-state index < -0.39 is 0 Å². The van der Waals surface area contributed by atoms with E-state index in [0.717, 1.165) is 65.8 Å². The number of piperazine rings is 1. The Bertz CT molecular complexity index is 1150. The van der Waals surface area contributed by atoms with Crippen LogP contribution in [0.15, 0.2) is 36.5 Å². The lowest BCUT2D eigenvalue weighted by molar-refractivity contribution is -0.120. The first-order valence-corrected chi connectivity index (χ1v) is 11.7. The minimum atomic E-state index is -0.0316. The van der Waals surface area contributed by atoms with Gasteiger partial charge in [0.25, 0.3) is 0 Å². The van der Waals surface area contributed by atoms with Gasteiger partial charge in [-0.25, -0.2) is 9.67 Å². The van der Waals surface area contributed by atoms with Gasteiger partial charge in [0.15, 0.2) is 0 Å². The van der Waals surface area contributed by atoms with Crippen LogP contribution in [0.4, 0.5) is 5.82 Å². The number of carbonyl (C=O) groups is 1. The van der Waals surface area contributed by atoms with Crippen LogP contribution in [-0.2, 0) is 17.8 Å². The lowest BCUT2D eigenvalue weighted by Gasteiger charge is -2.34. The van der Waals surface area contributed by atoms with E-state index in [1.165, 1.54) is 0 Å². The number of hydrogen-bond donors (Lipinski definition) is 1. The minimum Gasteiger partial charge on any atom is -0.354 e. The number of halogens is 1. The van der Waals surface area contributed by atoms with Crippen LogP contribution in [0, 0.1) is 20.8 Å². The Morgan fingerprint density at radius 3 is 2.61 bits per heavy atom. The summed E-state index contributed by atoms with van der Waals surface area (Å²) in [6, 6.07) is 9.84. The summed E-state index contributed by atoms with van der Waals surface area (Å²) >= 11 is 6.31. The fraction of sp³-hybridized carbons (Fsp3) is 0.400. The third kappa shape index (κ3) is 5.20. The predicted octanol–water partition coefficient (Wildman–Crippen LogP) is 3.46. The second-order valence-electron chi connectivity index (χ2n) is 8.72. The molecule has 1 aromatic carbocycles. The average Bonchev–Trinajstić information content (AvgIpc) is 3.08. The van der Waals surface area contributed by atoms with Crippen molar-refractivity contribution in [3.63, 3.8) is 0 Å². The molecule has 7 nitrogen and oxygen atoms in total. The van der Waals surface area contributed by atoms with Gasteiger partial charge >= 0.3 is 0 Å². The lowest BCUT2D eigenvalue weighted by Crippen LogP contribution is -2.45. The van der Waals surface area contributed by atoms with E-state index in [1.54, 1.807) is 0 Å². The molecule has 1 fully saturated rings. The van der Waals surface area contributed by atoms with Gasteiger partial charge in [-0.1, -0.05) is 23.7 Å². The minimum absolute atomic E-state index is 0.0316. The number of amides is 1. The molecule has 0 saturated carbocycles. The van der Waals surface area contributed by atoms with E-state index in [4.69, 9.17) is 11.6 Å². The molecule has 2 aromatic heterocycles. The maximum absolute atomic E-state index is 12.9. The van der Waals surface area contributed by atoms with Gasteiger partial charge < -0.3 is 15.1 Å². The summed E-state index contributed by atoms with van der Waals surface area (Å²) in [6.07, 6.45) is 2.10. The third-order valence-electron chi connectivity index (χ3n) is 6.32. The normalized spacial score (nSPS) is 14.5. The van der Waals surface area contributed by atoms with Crippen molar-refractivity contribution in [2.24, 2.45) is 0 Å². The van der Waals surface area contributed by atoms with Gasteiger partial charge in [-0.2, -0.15) is 5.10 Å². The fourth-order valence-electron chi connectivity index (χ4n) is 4.18. The number of hydrogen-bond acceptors (Lipinski definition) is 5. The smallest absolute Gasteiger partial charge is 0.224 e. The number of nitrogens with one attached hydrogen (secondary N) is 1. The molecular weight excluding hydrogens is 436 g/mol. The number of benzene rings is 1. The van der Waals surface area contributed by atoms with Crippen LogP contribution in [0.5, 0.6) is 0 Å². The molecule has 0 unspecified atom stereocenters. The molecule has 0 atom stereocenters. The molecule has 1 N–H and O–H groups in total. The molecule has 4 rings (SSSR count). The SMILES string of the molecule is Cc1ccc(-n2nc(C)c(CC(=O)NCc3cccnc3N3CCN(C)CC3)c2C)cc1Cl. The summed E-state index contributed by atoms with van der Waals surface area (Å²) < 4.78 is 1.86. The number of pyridine rings is 1. The van der Waals surface area contributed by atoms with E-state index in [0.29, 0.717) is 11.6 Å². The van der Waals surface area contributed by atoms with Gasteiger partial charge in [-0.05, 0) is 51.6 Å². The number of anilines is 1. The average molecular weight is 467 g/mol. The third-order valence-corrected chi connectivity index (χ3v) is 6.73. The summed E-state index contributed by atoms with van der Waals surface area (Å²) in [7, 11) is 2.14. The maximum Gasteiger partial charge on any atom is 0.224 e. The van der Waals surface area contributed by atoms with E-state index in [-0.39, 0.29) is 12.3 Å². The van der Waals surface area contributed by atoms with Crippen LogP contribution in [0.1, 0.15) is 28.1 Å². The molecule has 33 heavy (non-hydrogen) atoms. The number of rotatable bonds is 6. The first-order valence-electron chi connectivity index (χ1n) is 11.3. The van der Waals surface area contributed by atoms with Crippen molar-refractivity contribution in [3.05, 3.63) is 69.6 Å². The zero-order valence-electron chi connectivity index (χ0n) is 19.7. The number of likely N-dealkylation sites (N-methyl/N-ethyl adjacent to an activating group) is 1. The molecule has 1 aliphatic heterocycles. The highest BCUT2D eigenvalue weighted by atomic mass is 35.5. The molecule has 3 heterocycles. The molecule has 1 saturated heterocycles. The van der Waals surface area contributed by atoms with Crippen LogP contribution >= 0.6 is 11.6 Å². The largest absolute Gasteiger partial charge is 0.354 e. The summed E-state index contributed by atoms with van der Waals surface area (Å²) in [5, 5.41) is 8.44. The molecule has 0 aliphatic carbocycles. The summed E-state index contributed by atoms with van der Waals surface area (Å²) in [5.41, 5.74) is 5.68. The zero-order valence-corrected chi connectivity index (χ0v) is 20.5. The highest BCUT2D eigenvalue weighted by Crippen LogP contribution is 2.23. The predicted molar refractivity (Wildman–Crippen MR) is 132 cm³/mol. The van der Waals surface area contributed by atoms with E-state index >= 15 is 0 Å². The molecule has 8 heteroatoms. The molecule has 1 aliphatic rings. The van der Waals surface area contributed by atoms with Crippen LogP contribution in [0.2, 0.25) is 5.02 Å². The Labute approximate surface area is 200 Å². The van der Waals surface area contributed by atoms with Crippen molar-refractivity contribution in [2.75, 3.05) is 38.1 Å². The number of aryl methyl sites for hydroxylation is 2. The molecule has 0 radical (unpaired) electrons. The zero-order chi connectivity index (χ0) is 23.5. The van der Waals surface area contributed by atoms with Gasteiger partial charge in [0.2, 0.25) is 5.91 Å². The summed E-state index contributed by atoms with van der Waals surface area (Å²) in [5.74, 6) is 0.929. The first-order chi connectivity index (χ1) is 15.8. The first kappa shape index (κ1) is 23.3. The Morgan fingerprint density at radius 2 is 1.88 bits per heavy atom. The van der Waals surface area contributed by atoms with Crippen molar-refractivity contribution in [1.82, 2.24) is 25.0 Å². The molecule has 0 spiro atoms. The van der Waals surface area contributed by atoms with Crippen LogP contribution < -0.4 is 10.2 Å². The Morgan fingerprint density at radius 1 is 1.12 bits per heavy atom. The fourth-order valence-corrected chi connectivity index (χ4v) is 4.36. The monoisotopic (exact) mass is 466 g/mol. The molecule has 174 valence electrons. The Kier molecular flexibility index (Phi) is 7.00. The number of nitrogens with zero attached hydrogens (tertiary/aromatic N) is 5. The molecule has 0 bridgehead atoms. The van der Waals surface area contributed by atoms with Gasteiger partial charge in [-0.15, -0.1) is 0 Å². The van der Waals surface area contributed by atoms with Crippen molar-refractivity contribution in [2.45, 2.75) is 33.7 Å². The molecule has 1 amide bonds. The highest BCUT2D eigenvalue weighted by Gasteiger charge is 2.19. The quantitative estimate of drug-likeness (QED) is 0.602. The van der Waals surface area contributed by atoms with E-state index in [9.17, 15) is 4.79 Å².